The molecule has 0 fully saturated rings. The van der Waals surface area contributed by atoms with Crippen molar-refractivity contribution in [2.24, 2.45) is 0 Å². The van der Waals surface area contributed by atoms with Gasteiger partial charge in [-0.3, -0.25) is 9.59 Å². The van der Waals surface area contributed by atoms with E-state index in [1.807, 2.05) is 30.3 Å². The molecule has 3 aromatic rings. The van der Waals surface area contributed by atoms with Gasteiger partial charge in [0.05, 0.1) is 19.9 Å². The van der Waals surface area contributed by atoms with Crippen LogP contribution >= 0.6 is 0 Å². The van der Waals surface area contributed by atoms with Crippen LogP contribution < -0.4 is 5.32 Å². The second-order valence-corrected chi connectivity index (χ2v) is 5.64. The third-order valence-corrected chi connectivity index (χ3v) is 3.73. The number of methoxy groups -OCH3 is 1. The number of carbonyl (C=O) groups excluding carboxylic acids is 2. The van der Waals surface area contributed by atoms with Gasteiger partial charge in [0.15, 0.2) is 5.69 Å². The molecule has 0 aliphatic rings. The fourth-order valence-corrected chi connectivity index (χ4v) is 2.35. The van der Waals surface area contributed by atoms with E-state index >= 15 is 0 Å². The predicted molar refractivity (Wildman–Crippen MR) is 94.8 cm³/mol. The number of aromatic hydroxyl groups is 1. The average molecular weight is 367 g/mol. The van der Waals surface area contributed by atoms with Crippen LogP contribution in [0.3, 0.4) is 0 Å². The van der Waals surface area contributed by atoms with Gasteiger partial charge in [-0.25, -0.2) is 9.67 Å². The number of benzene rings is 1. The second kappa shape index (κ2) is 8.09. The molecule has 1 amide bonds. The van der Waals surface area contributed by atoms with Gasteiger partial charge in [-0.2, -0.15) is 0 Å². The molecular weight excluding hydrogens is 350 g/mol. The van der Waals surface area contributed by atoms with Crippen molar-refractivity contribution in [2.45, 2.75) is 6.54 Å². The molecule has 0 radical (unpaired) electrons. The lowest BCUT2D eigenvalue weighted by Gasteiger charge is -2.06. The van der Waals surface area contributed by atoms with Crippen LogP contribution in [0.5, 0.6) is 5.75 Å². The van der Waals surface area contributed by atoms with E-state index in [1.165, 1.54) is 19.4 Å². The Balaban J connectivity index is 1.72. The van der Waals surface area contributed by atoms with Gasteiger partial charge >= 0.3 is 5.97 Å². The average Bonchev–Trinajstić information content (AvgIpc) is 3.15. The van der Waals surface area contributed by atoms with Gasteiger partial charge in [-0.1, -0.05) is 35.5 Å². The van der Waals surface area contributed by atoms with E-state index < -0.39 is 11.9 Å². The van der Waals surface area contributed by atoms with E-state index in [2.05, 4.69) is 25.3 Å². The highest BCUT2D eigenvalue weighted by Gasteiger charge is 2.16. The number of hydrogen-bond acceptors (Lipinski definition) is 7. The summed E-state index contributed by atoms with van der Waals surface area (Å²) >= 11 is 0. The zero-order valence-electron chi connectivity index (χ0n) is 14.5. The van der Waals surface area contributed by atoms with Crippen LogP contribution in [0.1, 0.15) is 16.1 Å². The molecule has 9 nitrogen and oxygen atoms in total. The lowest BCUT2D eigenvalue weighted by molar-refractivity contribution is -0.139. The molecule has 9 heteroatoms. The zero-order chi connectivity index (χ0) is 19.2. The van der Waals surface area contributed by atoms with Gasteiger partial charge in [-0.15, -0.1) is 5.10 Å². The van der Waals surface area contributed by atoms with E-state index in [9.17, 15) is 14.7 Å². The first kappa shape index (κ1) is 18.1. The summed E-state index contributed by atoms with van der Waals surface area (Å²) in [4.78, 5) is 27.0. The molecule has 3 rings (SSSR count). The van der Waals surface area contributed by atoms with Crippen molar-refractivity contribution < 1.29 is 19.4 Å². The van der Waals surface area contributed by atoms with Crippen LogP contribution in [0.15, 0.2) is 48.8 Å². The van der Waals surface area contributed by atoms with E-state index in [-0.39, 0.29) is 18.0 Å². The fraction of sp³-hybridized carbons (Fsp3) is 0.167. The minimum absolute atomic E-state index is 0.195. The minimum atomic E-state index is -0.683. The summed E-state index contributed by atoms with van der Waals surface area (Å²) in [6.45, 7) is 0.243. The predicted octanol–water partition coefficient (Wildman–Crippen LogP) is 0.997. The summed E-state index contributed by atoms with van der Waals surface area (Å²) in [7, 11) is 1.21. The number of ether oxygens (including phenoxy) is 1. The Bertz CT molecular complexity index is 955. The Hall–Kier alpha value is -3.75. The summed E-state index contributed by atoms with van der Waals surface area (Å²) in [5, 5.41) is 20.5. The number of amides is 1. The molecule has 27 heavy (non-hydrogen) atoms. The zero-order valence-corrected chi connectivity index (χ0v) is 14.5. The maximum Gasteiger partial charge on any atom is 0.325 e. The Morgan fingerprint density at radius 2 is 2.04 bits per heavy atom. The van der Waals surface area contributed by atoms with Crippen molar-refractivity contribution in [3.05, 3.63) is 60.0 Å². The molecule has 0 saturated carbocycles. The van der Waals surface area contributed by atoms with Crippen molar-refractivity contribution in [3.8, 4) is 17.0 Å². The van der Waals surface area contributed by atoms with Crippen molar-refractivity contribution in [2.75, 3.05) is 13.7 Å². The van der Waals surface area contributed by atoms with Gasteiger partial charge < -0.3 is 15.2 Å². The number of rotatable bonds is 6. The van der Waals surface area contributed by atoms with Crippen LogP contribution in [-0.4, -0.2) is 50.6 Å². The Labute approximate surface area is 154 Å². The number of carbonyl (C=O) groups is 2. The quantitative estimate of drug-likeness (QED) is 0.624. The Morgan fingerprint density at radius 1 is 1.26 bits per heavy atom. The summed E-state index contributed by atoms with van der Waals surface area (Å²) in [5.41, 5.74) is 1.90. The molecule has 2 N–H and O–H groups in total. The van der Waals surface area contributed by atoms with Crippen LogP contribution in [0.25, 0.3) is 11.3 Å². The lowest BCUT2D eigenvalue weighted by Crippen LogP contribution is -2.30. The molecule has 0 aliphatic carbocycles. The normalized spacial score (nSPS) is 10.4. The van der Waals surface area contributed by atoms with Crippen molar-refractivity contribution in [1.82, 2.24) is 25.3 Å². The minimum Gasteiger partial charge on any atom is -0.505 e. The molecule has 0 unspecified atom stereocenters. The standard InChI is InChI=1S/C18H17N5O4/c1-27-16(25)9-20-18(26)17-15(24)7-13(8-19-17)14-11-23(22-21-14)10-12-5-3-2-4-6-12/h2-8,11,24H,9-10H2,1H3,(H,20,26). The molecule has 0 aliphatic heterocycles. The van der Waals surface area contributed by atoms with Gasteiger partial charge in [0.1, 0.15) is 18.0 Å². The molecule has 2 heterocycles. The maximum atomic E-state index is 12.0. The van der Waals surface area contributed by atoms with Gasteiger partial charge in [0.25, 0.3) is 5.91 Å². The van der Waals surface area contributed by atoms with Crippen LogP contribution in [0.4, 0.5) is 0 Å². The molecule has 138 valence electrons. The number of esters is 1. The second-order valence-electron chi connectivity index (χ2n) is 5.64. The Kier molecular flexibility index (Phi) is 5.41. The first-order valence-corrected chi connectivity index (χ1v) is 8.05. The maximum absolute atomic E-state index is 12.0. The number of nitrogens with one attached hydrogen (secondary N) is 1. The highest BCUT2D eigenvalue weighted by atomic mass is 16.5. The third-order valence-electron chi connectivity index (χ3n) is 3.73. The summed E-state index contributed by atoms with van der Waals surface area (Å²) in [5.74, 6) is -1.61. The highest BCUT2D eigenvalue weighted by molar-refractivity contribution is 5.96. The first-order valence-electron chi connectivity index (χ1n) is 8.05. The number of pyridine rings is 1. The molecule has 0 atom stereocenters. The topological polar surface area (TPSA) is 119 Å². The van der Waals surface area contributed by atoms with Crippen LogP contribution in [0, 0.1) is 0 Å². The first-order chi connectivity index (χ1) is 13.1. The SMILES string of the molecule is COC(=O)CNC(=O)c1ncc(-c2cn(Cc3ccccc3)nn2)cc1O. The largest absolute Gasteiger partial charge is 0.505 e. The van der Waals surface area contributed by atoms with E-state index in [1.54, 1.807) is 10.9 Å². The highest BCUT2D eigenvalue weighted by Crippen LogP contribution is 2.23. The lowest BCUT2D eigenvalue weighted by atomic mass is 10.2. The van der Waals surface area contributed by atoms with Gasteiger partial charge in [-0.05, 0) is 11.6 Å². The molecule has 2 aromatic heterocycles. The number of aromatic nitrogens is 4. The third kappa shape index (κ3) is 4.46. The van der Waals surface area contributed by atoms with Crippen LogP contribution in [-0.2, 0) is 16.1 Å². The van der Waals surface area contributed by atoms with E-state index in [0.717, 1.165) is 5.56 Å². The van der Waals surface area contributed by atoms with Crippen molar-refractivity contribution >= 4 is 11.9 Å². The summed E-state index contributed by atoms with van der Waals surface area (Å²) in [6, 6.07) is 11.2. The summed E-state index contributed by atoms with van der Waals surface area (Å²) in [6.07, 6.45) is 3.13. The molecule has 0 spiro atoms. The van der Waals surface area contributed by atoms with Gasteiger partial charge in [0.2, 0.25) is 0 Å². The molecular formula is C18H17N5O4. The monoisotopic (exact) mass is 367 g/mol. The smallest absolute Gasteiger partial charge is 0.325 e. The fourth-order valence-electron chi connectivity index (χ4n) is 2.35. The van der Waals surface area contributed by atoms with Gasteiger partial charge in [0, 0.05) is 11.8 Å². The molecule has 1 aromatic carbocycles. The van der Waals surface area contributed by atoms with Crippen molar-refractivity contribution in [1.29, 1.82) is 0 Å². The number of hydrogen-bond donors (Lipinski definition) is 2. The molecule has 0 bridgehead atoms. The van der Waals surface area contributed by atoms with E-state index in [4.69, 9.17) is 0 Å². The summed E-state index contributed by atoms with van der Waals surface area (Å²) < 4.78 is 6.10. The molecule has 0 saturated heterocycles. The van der Waals surface area contributed by atoms with E-state index in [0.29, 0.717) is 17.8 Å². The van der Waals surface area contributed by atoms with Crippen molar-refractivity contribution in [3.63, 3.8) is 0 Å². The van der Waals surface area contributed by atoms with Crippen LogP contribution in [0.2, 0.25) is 0 Å². The Morgan fingerprint density at radius 3 is 2.74 bits per heavy atom. The number of nitrogens with zero attached hydrogens (tertiary/aromatic N) is 4.